The van der Waals surface area contributed by atoms with E-state index in [2.05, 4.69) is 16.9 Å². The average Bonchev–Trinajstić information content (AvgIpc) is 0.918. The van der Waals surface area contributed by atoms with Crippen LogP contribution in [-0.2, 0) is 16.5 Å². The van der Waals surface area contributed by atoms with Crippen molar-refractivity contribution in [3.63, 3.8) is 0 Å². The first-order valence-corrected chi connectivity index (χ1v) is 1.33. The standard InChI is InChI=1S/CH3.B2H2P.Ni/c;1-2-3;/h1H3;3H2;/q-1;;. The van der Waals surface area contributed by atoms with E-state index in [9.17, 15) is 0 Å². The largest absolute Gasteiger partial charge is 0.358 e. The molecule has 1 atom stereocenters. The molecule has 1 unspecified atom stereocenters. The van der Waals surface area contributed by atoms with E-state index in [1.165, 1.54) is 6.89 Å². The molecular weight excluding hydrogens is 123 g/mol. The van der Waals surface area contributed by atoms with Crippen molar-refractivity contribution in [3.05, 3.63) is 7.43 Å². The van der Waals surface area contributed by atoms with Crippen molar-refractivity contribution in [3.8, 4) is 0 Å². The second-order valence-corrected chi connectivity index (χ2v) is 0.577. The zero-order chi connectivity index (χ0) is 2.71. The van der Waals surface area contributed by atoms with Crippen molar-refractivity contribution in [2.45, 2.75) is 0 Å². The summed E-state index contributed by atoms with van der Waals surface area (Å²) in [5.41, 5.74) is 0. The van der Waals surface area contributed by atoms with E-state index < -0.39 is 0 Å². The first-order chi connectivity index (χ1) is 1.41. The molecule has 0 aliphatic carbocycles. The molecule has 0 aromatic rings. The van der Waals surface area contributed by atoms with Crippen molar-refractivity contribution >= 4 is 23.7 Å². The Morgan fingerprint density at radius 1 is 1.60 bits per heavy atom. The topological polar surface area (TPSA) is 0 Å². The van der Waals surface area contributed by atoms with E-state index in [4.69, 9.17) is 0 Å². The van der Waals surface area contributed by atoms with Crippen molar-refractivity contribution in [1.29, 1.82) is 0 Å². The maximum atomic E-state index is 4.69. The second kappa shape index (κ2) is 19.7. The summed E-state index contributed by atoms with van der Waals surface area (Å²) in [6.45, 7) is 1.42. The number of hydrogen-bond acceptors (Lipinski definition) is 0. The first-order valence-electron chi connectivity index (χ1n) is 0.667. The maximum absolute atomic E-state index is 4.69. The minimum atomic E-state index is 0. The van der Waals surface area contributed by atoms with Crippen molar-refractivity contribution in [2.75, 3.05) is 0 Å². The molecule has 0 amide bonds. The third kappa shape index (κ3) is 42.5. The molecule has 0 nitrogen and oxygen atoms in total. The third-order valence-corrected chi connectivity index (χ3v) is 0. The molecule has 0 aromatic heterocycles. The van der Waals surface area contributed by atoms with Gasteiger partial charge in [-0.1, -0.05) is 0 Å². The Bertz CT molecular complexity index is 9.61. The monoisotopic (exact) mass is 128 g/mol. The van der Waals surface area contributed by atoms with E-state index >= 15 is 0 Å². The van der Waals surface area contributed by atoms with Gasteiger partial charge in [0.2, 0.25) is 0 Å². The fourth-order valence-corrected chi connectivity index (χ4v) is 0. The molecule has 0 saturated heterocycles. The summed E-state index contributed by atoms with van der Waals surface area (Å²) in [7, 11) is 6.92. The van der Waals surface area contributed by atoms with Crippen LogP contribution in [-0.4, -0.2) is 14.6 Å². The fourth-order valence-electron chi connectivity index (χ4n) is 0. The van der Waals surface area contributed by atoms with Crippen LogP contribution in [0.3, 0.4) is 0 Å². The number of rotatable bonds is 0. The summed E-state index contributed by atoms with van der Waals surface area (Å²) in [4.78, 5) is 0. The summed E-state index contributed by atoms with van der Waals surface area (Å²) < 4.78 is 0. The first kappa shape index (κ1) is 16.6. The molecule has 4 heteroatoms. The molecule has 0 N–H and O–H groups in total. The van der Waals surface area contributed by atoms with Crippen molar-refractivity contribution in [1.82, 2.24) is 0 Å². The van der Waals surface area contributed by atoms with Gasteiger partial charge in [-0.25, -0.2) is 0 Å². The Kier molecular flexibility index (Phi) is 65.3. The maximum Gasteiger partial charge on any atom is 0.0825 e. The molecule has 0 heterocycles. The zero-order valence-electron chi connectivity index (χ0n) is 3.05. The quantitative estimate of drug-likeness (QED) is 0.245. The molecule has 0 aliphatic rings. The van der Waals surface area contributed by atoms with Crippen LogP contribution in [0.15, 0.2) is 0 Å². The second-order valence-electron chi connectivity index (χ2n) is 0.192. The van der Waals surface area contributed by atoms with Crippen LogP contribution in [0.25, 0.3) is 0 Å². The minimum absolute atomic E-state index is 0. The van der Waals surface area contributed by atoms with Crippen molar-refractivity contribution in [2.24, 2.45) is 0 Å². The van der Waals surface area contributed by atoms with E-state index in [0.29, 0.717) is 0 Å². The van der Waals surface area contributed by atoms with Gasteiger partial charge in [0.15, 0.2) is 0 Å². The predicted octanol–water partition coefficient (Wildman–Crippen LogP) is 0.0120. The van der Waals surface area contributed by atoms with Crippen LogP contribution >= 0.6 is 9.12 Å². The molecule has 0 saturated carbocycles. The molecular formula is CH5B2NiP-. The normalized spacial score (nSPS) is 2.60. The summed E-state index contributed by atoms with van der Waals surface area (Å²) >= 11 is 0. The van der Waals surface area contributed by atoms with E-state index in [1.54, 1.807) is 0 Å². The predicted molar refractivity (Wildman–Crippen MR) is 27.6 cm³/mol. The minimum Gasteiger partial charge on any atom is -0.358 e. The molecule has 3 radical (unpaired) electrons. The SMILES string of the molecule is [B][B]P.[CH3-].[Ni]. The fraction of sp³-hybridized carbons (Fsp3) is 0. The average molecular weight is 128 g/mol. The van der Waals surface area contributed by atoms with Crippen LogP contribution in [0.5, 0.6) is 0 Å². The molecule has 0 aromatic carbocycles. The van der Waals surface area contributed by atoms with Crippen LogP contribution in [0.1, 0.15) is 0 Å². The number of hydrogen-bond donors (Lipinski definition) is 0. The van der Waals surface area contributed by atoms with Gasteiger partial charge in [0.05, 0.1) is 6.89 Å². The Hall–Kier alpha value is 1.05. The van der Waals surface area contributed by atoms with Gasteiger partial charge >= 0.3 is 0 Å². The molecule has 0 rings (SSSR count). The van der Waals surface area contributed by atoms with E-state index in [1.807, 2.05) is 0 Å². The summed E-state index contributed by atoms with van der Waals surface area (Å²) in [5, 5.41) is 0. The molecule has 5 heavy (non-hydrogen) atoms. The van der Waals surface area contributed by atoms with Gasteiger partial charge in [0, 0.05) is 24.2 Å². The Morgan fingerprint density at radius 2 is 1.60 bits per heavy atom. The summed E-state index contributed by atoms with van der Waals surface area (Å²) in [6.07, 6.45) is 0. The summed E-state index contributed by atoms with van der Waals surface area (Å²) in [5.74, 6) is 0. The summed E-state index contributed by atoms with van der Waals surface area (Å²) in [6, 6.07) is 0. The molecule has 31 valence electrons. The van der Waals surface area contributed by atoms with Crippen LogP contribution in [0.2, 0.25) is 0 Å². The molecule has 0 bridgehead atoms. The van der Waals surface area contributed by atoms with Gasteiger partial charge in [0.25, 0.3) is 0 Å². The van der Waals surface area contributed by atoms with Gasteiger partial charge in [-0.05, 0) is 0 Å². The smallest absolute Gasteiger partial charge is 0.0825 e. The third-order valence-electron chi connectivity index (χ3n) is 0. The Labute approximate surface area is 48.2 Å². The Morgan fingerprint density at radius 3 is 1.60 bits per heavy atom. The van der Waals surface area contributed by atoms with Crippen LogP contribution < -0.4 is 0 Å². The van der Waals surface area contributed by atoms with Crippen LogP contribution in [0.4, 0.5) is 0 Å². The van der Waals surface area contributed by atoms with Gasteiger partial charge in [-0.2, -0.15) is 9.12 Å². The zero-order valence-corrected chi connectivity index (χ0v) is 5.19. The van der Waals surface area contributed by atoms with E-state index in [-0.39, 0.29) is 23.9 Å². The van der Waals surface area contributed by atoms with Crippen molar-refractivity contribution < 1.29 is 16.5 Å². The molecule has 0 aliphatic heterocycles. The van der Waals surface area contributed by atoms with E-state index in [0.717, 1.165) is 0 Å². The van der Waals surface area contributed by atoms with Crippen LogP contribution in [0, 0.1) is 7.43 Å². The van der Waals surface area contributed by atoms with Gasteiger partial charge in [-0.15, -0.1) is 0 Å². The van der Waals surface area contributed by atoms with Gasteiger partial charge < -0.3 is 7.43 Å². The molecule has 0 fully saturated rings. The molecule has 0 spiro atoms. The van der Waals surface area contributed by atoms with Gasteiger partial charge in [-0.3, -0.25) is 0 Å². The Balaban J connectivity index is -0.0000000200. The van der Waals surface area contributed by atoms with Gasteiger partial charge in [0.1, 0.15) is 0 Å².